The molecule has 3 nitrogen and oxygen atoms in total. The molecule has 2 aromatic rings. The first-order chi connectivity index (χ1) is 10.5. The Kier molecular flexibility index (Phi) is 5.21. The zero-order valence-electron chi connectivity index (χ0n) is 13.8. The number of carbonyl (C=O) groups excluding carboxylic acids is 1. The van der Waals surface area contributed by atoms with E-state index < -0.39 is 0 Å². The number of carbonyl (C=O) groups is 1. The van der Waals surface area contributed by atoms with Crippen molar-refractivity contribution in [3.05, 3.63) is 58.7 Å². The third-order valence-electron chi connectivity index (χ3n) is 4.01. The van der Waals surface area contributed by atoms with Crippen molar-refractivity contribution in [2.45, 2.75) is 34.1 Å². The summed E-state index contributed by atoms with van der Waals surface area (Å²) in [5.74, 6) is 0.0347. The molecule has 0 saturated heterocycles. The first-order valence-corrected chi connectivity index (χ1v) is 7.65. The molecule has 0 unspecified atom stereocenters. The Hall–Kier alpha value is -2.29. The van der Waals surface area contributed by atoms with Crippen LogP contribution in [0.4, 0.5) is 11.4 Å². The minimum Gasteiger partial charge on any atom is -0.384 e. The lowest BCUT2D eigenvalue weighted by molar-refractivity contribution is -0.115. The SMILES string of the molecule is Cc1cccc(NC(=O)CCNc2c(C)cccc2C)c1C. The van der Waals surface area contributed by atoms with Crippen LogP contribution in [-0.4, -0.2) is 12.5 Å². The second-order valence-corrected chi connectivity index (χ2v) is 5.74. The molecule has 0 atom stereocenters. The molecule has 22 heavy (non-hydrogen) atoms. The topological polar surface area (TPSA) is 41.1 Å². The zero-order chi connectivity index (χ0) is 16.1. The van der Waals surface area contributed by atoms with E-state index >= 15 is 0 Å². The molecular weight excluding hydrogens is 272 g/mol. The van der Waals surface area contributed by atoms with Gasteiger partial charge in [-0.15, -0.1) is 0 Å². The highest BCUT2D eigenvalue weighted by Gasteiger charge is 2.07. The molecule has 0 heterocycles. The van der Waals surface area contributed by atoms with E-state index in [-0.39, 0.29) is 5.91 Å². The van der Waals surface area contributed by atoms with Gasteiger partial charge in [0.15, 0.2) is 0 Å². The molecule has 2 aromatic carbocycles. The lowest BCUT2D eigenvalue weighted by atomic mass is 10.1. The highest BCUT2D eigenvalue weighted by Crippen LogP contribution is 2.20. The fraction of sp³-hybridized carbons (Fsp3) is 0.316. The van der Waals surface area contributed by atoms with Gasteiger partial charge < -0.3 is 10.6 Å². The fourth-order valence-electron chi connectivity index (χ4n) is 2.49. The highest BCUT2D eigenvalue weighted by atomic mass is 16.1. The van der Waals surface area contributed by atoms with Crippen LogP contribution in [0.2, 0.25) is 0 Å². The summed E-state index contributed by atoms with van der Waals surface area (Å²) in [7, 11) is 0. The van der Waals surface area contributed by atoms with Crippen LogP contribution in [0.15, 0.2) is 36.4 Å². The van der Waals surface area contributed by atoms with Gasteiger partial charge in [0, 0.05) is 24.3 Å². The zero-order valence-corrected chi connectivity index (χ0v) is 13.8. The molecule has 2 N–H and O–H groups in total. The molecule has 0 aromatic heterocycles. The van der Waals surface area contributed by atoms with Gasteiger partial charge in [0.05, 0.1) is 0 Å². The van der Waals surface area contributed by atoms with Crippen molar-refractivity contribution in [1.82, 2.24) is 0 Å². The smallest absolute Gasteiger partial charge is 0.226 e. The Bertz CT molecular complexity index is 657. The summed E-state index contributed by atoms with van der Waals surface area (Å²) in [4.78, 5) is 12.1. The van der Waals surface area contributed by atoms with Crippen LogP contribution >= 0.6 is 0 Å². The first-order valence-electron chi connectivity index (χ1n) is 7.65. The quantitative estimate of drug-likeness (QED) is 0.860. The van der Waals surface area contributed by atoms with Crippen molar-refractivity contribution in [2.24, 2.45) is 0 Å². The van der Waals surface area contributed by atoms with Crippen LogP contribution in [0, 0.1) is 27.7 Å². The van der Waals surface area contributed by atoms with Gasteiger partial charge in [0.1, 0.15) is 0 Å². The molecule has 0 aliphatic heterocycles. The predicted octanol–water partition coefficient (Wildman–Crippen LogP) is 4.36. The van der Waals surface area contributed by atoms with Crippen molar-refractivity contribution < 1.29 is 4.79 Å². The number of amides is 1. The van der Waals surface area contributed by atoms with E-state index in [0.29, 0.717) is 13.0 Å². The number of rotatable bonds is 5. The molecule has 0 aliphatic carbocycles. The van der Waals surface area contributed by atoms with Gasteiger partial charge in [0.2, 0.25) is 5.91 Å². The molecule has 0 radical (unpaired) electrons. The summed E-state index contributed by atoms with van der Waals surface area (Å²) in [5.41, 5.74) is 6.74. The number of hydrogen-bond acceptors (Lipinski definition) is 2. The first kappa shape index (κ1) is 16.1. The summed E-state index contributed by atoms with van der Waals surface area (Å²) >= 11 is 0. The number of nitrogens with one attached hydrogen (secondary N) is 2. The third-order valence-corrected chi connectivity index (χ3v) is 4.01. The van der Waals surface area contributed by atoms with Crippen LogP contribution < -0.4 is 10.6 Å². The van der Waals surface area contributed by atoms with E-state index in [2.05, 4.69) is 36.6 Å². The lowest BCUT2D eigenvalue weighted by Gasteiger charge is -2.13. The maximum atomic E-state index is 12.1. The maximum absolute atomic E-state index is 12.1. The van der Waals surface area contributed by atoms with Gasteiger partial charge in [-0.25, -0.2) is 0 Å². The standard InChI is InChI=1S/C19H24N2O/c1-13-7-6-10-17(16(13)4)21-18(22)11-12-20-19-14(2)8-5-9-15(19)3/h5-10,20H,11-12H2,1-4H3,(H,21,22). The lowest BCUT2D eigenvalue weighted by Crippen LogP contribution is -2.17. The van der Waals surface area contributed by atoms with Crippen LogP contribution in [0.3, 0.4) is 0 Å². The van der Waals surface area contributed by atoms with Crippen molar-refractivity contribution in [2.75, 3.05) is 17.2 Å². The number of benzene rings is 2. The molecule has 0 bridgehead atoms. The summed E-state index contributed by atoms with van der Waals surface area (Å²) < 4.78 is 0. The average Bonchev–Trinajstić information content (AvgIpc) is 2.47. The number of para-hydroxylation sites is 1. The van der Waals surface area contributed by atoms with E-state index in [0.717, 1.165) is 16.9 Å². The van der Waals surface area contributed by atoms with Crippen molar-refractivity contribution in [3.63, 3.8) is 0 Å². The van der Waals surface area contributed by atoms with Gasteiger partial charge in [-0.1, -0.05) is 30.3 Å². The minimum atomic E-state index is 0.0347. The number of aryl methyl sites for hydroxylation is 3. The van der Waals surface area contributed by atoms with Crippen LogP contribution in [-0.2, 0) is 4.79 Å². The number of hydrogen-bond donors (Lipinski definition) is 2. The highest BCUT2D eigenvalue weighted by molar-refractivity contribution is 5.92. The molecule has 0 spiro atoms. The normalized spacial score (nSPS) is 10.4. The Morgan fingerprint density at radius 2 is 1.50 bits per heavy atom. The van der Waals surface area contributed by atoms with Crippen molar-refractivity contribution in [1.29, 1.82) is 0 Å². The summed E-state index contributed by atoms with van der Waals surface area (Å²) in [6, 6.07) is 12.2. The van der Waals surface area contributed by atoms with Gasteiger partial charge in [-0.2, -0.15) is 0 Å². The fourth-order valence-corrected chi connectivity index (χ4v) is 2.49. The molecular formula is C19H24N2O. The Morgan fingerprint density at radius 1 is 0.909 bits per heavy atom. The molecule has 116 valence electrons. The van der Waals surface area contributed by atoms with E-state index in [1.807, 2.05) is 38.1 Å². The second-order valence-electron chi connectivity index (χ2n) is 5.74. The summed E-state index contributed by atoms with van der Waals surface area (Å²) in [6.07, 6.45) is 0.446. The maximum Gasteiger partial charge on any atom is 0.226 e. The Labute approximate surface area is 132 Å². The molecule has 0 fully saturated rings. The molecule has 1 amide bonds. The average molecular weight is 296 g/mol. The molecule has 2 rings (SSSR count). The monoisotopic (exact) mass is 296 g/mol. The molecule has 0 aliphatic rings. The predicted molar refractivity (Wildman–Crippen MR) is 93.6 cm³/mol. The second kappa shape index (κ2) is 7.12. The van der Waals surface area contributed by atoms with Gasteiger partial charge in [-0.05, 0) is 56.0 Å². The molecule has 3 heteroatoms. The van der Waals surface area contributed by atoms with Gasteiger partial charge in [0.25, 0.3) is 0 Å². The van der Waals surface area contributed by atoms with Crippen LogP contribution in [0.5, 0.6) is 0 Å². The Balaban J connectivity index is 1.90. The van der Waals surface area contributed by atoms with E-state index in [1.54, 1.807) is 0 Å². The van der Waals surface area contributed by atoms with Crippen LogP contribution in [0.1, 0.15) is 28.7 Å². The van der Waals surface area contributed by atoms with E-state index in [4.69, 9.17) is 0 Å². The van der Waals surface area contributed by atoms with Crippen LogP contribution in [0.25, 0.3) is 0 Å². The summed E-state index contributed by atoms with van der Waals surface area (Å²) in [5, 5.41) is 6.35. The minimum absolute atomic E-state index is 0.0347. The largest absolute Gasteiger partial charge is 0.384 e. The summed E-state index contributed by atoms with van der Waals surface area (Å²) in [6.45, 7) is 8.85. The van der Waals surface area contributed by atoms with Crippen molar-refractivity contribution >= 4 is 17.3 Å². The van der Waals surface area contributed by atoms with Gasteiger partial charge in [-0.3, -0.25) is 4.79 Å². The molecule has 0 saturated carbocycles. The Morgan fingerprint density at radius 3 is 2.18 bits per heavy atom. The van der Waals surface area contributed by atoms with E-state index in [1.165, 1.54) is 16.7 Å². The third kappa shape index (κ3) is 3.88. The number of anilines is 2. The van der Waals surface area contributed by atoms with Crippen molar-refractivity contribution in [3.8, 4) is 0 Å². The van der Waals surface area contributed by atoms with Gasteiger partial charge >= 0.3 is 0 Å². The van der Waals surface area contributed by atoms with E-state index in [9.17, 15) is 4.79 Å².